The number of ketones is 1. The van der Waals surface area contributed by atoms with Gasteiger partial charge in [-0.3, -0.25) is 4.79 Å². The molecule has 6 rings (SSSR count). The van der Waals surface area contributed by atoms with Crippen LogP contribution in [0.5, 0.6) is 17.2 Å². The highest BCUT2D eigenvalue weighted by molar-refractivity contribution is 6.10. The van der Waals surface area contributed by atoms with Gasteiger partial charge in [-0.05, 0) is 42.3 Å². The Morgan fingerprint density at radius 3 is 2.60 bits per heavy atom. The molecule has 6 heteroatoms. The smallest absolute Gasteiger partial charge is 0.223 e. The van der Waals surface area contributed by atoms with E-state index in [4.69, 9.17) is 18.6 Å². The zero-order valence-corrected chi connectivity index (χ0v) is 19.2. The number of allylic oxidation sites excluding steroid dienone is 1. The molecule has 176 valence electrons. The van der Waals surface area contributed by atoms with Crippen LogP contribution in [0.1, 0.15) is 33.7 Å². The Bertz CT molecular complexity index is 1420. The number of ether oxygens (including phenoxy) is 3. The Morgan fingerprint density at radius 1 is 0.971 bits per heavy atom. The zero-order valence-electron chi connectivity index (χ0n) is 19.2. The molecule has 2 aliphatic heterocycles. The number of hydrogen-bond acceptors (Lipinski definition) is 6. The molecule has 2 aliphatic rings. The van der Waals surface area contributed by atoms with E-state index in [2.05, 4.69) is 5.32 Å². The van der Waals surface area contributed by atoms with E-state index in [1.54, 1.807) is 6.08 Å². The molecule has 0 amide bonds. The number of carbonyl (C=O) groups excluding carboxylic acids is 1. The predicted octanol–water partition coefficient (Wildman–Crippen LogP) is 5.54. The predicted molar refractivity (Wildman–Crippen MR) is 133 cm³/mol. The van der Waals surface area contributed by atoms with Gasteiger partial charge in [0, 0.05) is 41.3 Å². The number of fused-ring (bicyclic) bond motifs is 3. The van der Waals surface area contributed by atoms with Gasteiger partial charge in [-0.15, -0.1) is 0 Å². The highest BCUT2D eigenvalue weighted by atomic mass is 16.5. The third kappa shape index (κ3) is 4.23. The fourth-order valence-electron chi connectivity index (χ4n) is 4.57. The Balaban J connectivity index is 1.36. The van der Waals surface area contributed by atoms with Crippen LogP contribution in [0.3, 0.4) is 0 Å². The van der Waals surface area contributed by atoms with Crippen LogP contribution in [0.15, 0.2) is 77.2 Å². The summed E-state index contributed by atoms with van der Waals surface area (Å²) in [5, 5.41) is 4.25. The van der Waals surface area contributed by atoms with Crippen LogP contribution in [0.2, 0.25) is 0 Å². The maximum atomic E-state index is 13.5. The van der Waals surface area contributed by atoms with Crippen LogP contribution >= 0.6 is 0 Å². The first-order valence-corrected chi connectivity index (χ1v) is 11.9. The maximum absolute atomic E-state index is 13.5. The zero-order chi connectivity index (χ0) is 23.6. The van der Waals surface area contributed by atoms with Crippen LogP contribution in [0, 0.1) is 0 Å². The Labute approximate surface area is 203 Å². The Morgan fingerprint density at radius 2 is 1.74 bits per heavy atom. The fraction of sp³-hybridized carbons (Fsp3) is 0.207. The summed E-state index contributed by atoms with van der Waals surface area (Å²) in [6.07, 6.45) is 3.31. The van der Waals surface area contributed by atoms with Gasteiger partial charge in [0.15, 0.2) is 17.3 Å². The van der Waals surface area contributed by atoms with Crippen molar-refractivity contribution in [3.8, 4) is 17.2 Å². The van der Waals surface area contributed by atoms with Gasteiger partial charge in [0.05, 0.1) is 13.2 Å². The number of hydrogen-bond donors (Lipinski definition) is 1. The normalized spacial score (nSPS) is 15.8. The number of furan rings is 1. The highest BCUT2D eigenvalue weighted by Crippen LogP contribution is 2.37. The van der Waals surface area contributed by atoms with Crippen molar-refractivity contribution in [3.05, 3.63) is 95.3 Å². The Kier molecular flexibility index (Phi) is 5.62. The number of nitrogens with one attached hydrogen (secondary N) is 1. The van der Waals surface area contributed by atoms with Crippen molar-refractivity contribution in [2.75, 3.05) is 19.8 Å². The molecule has 0 aliphatic carbocycles. The van der Waals surface area contributed by atoms with Crippen molar-refractivity contribution in [1.82, 2.24) is 5.32 Å². The lowest BCUT2D eigenvalue weighted by Gasteiger charge is -2.23. The molecular formula is C29H25NO5. The van der Waals surface area contributed by atoms with Crippen LogP contribution in [-0.2, 0) is 13.0 Å². The molecule has 0 saturated carbocycles. The van der Waals surface area contributed by atoms with Gasteiger partial charge < -0.3 is 23.9 Å². The summed E-state index contributed by atoms with van der Waals surface area (Å²) >= 11 is 0. The molecule has 0 saturated heterocycles. The second kappa shape index (κ2) is 9.22. The van der Waals surface area contributed by atoms with Crippen molar-refractivity contribution >= 4 is 22.4 Å². The van der Waals surface area contributed by atoms with E-state index in [1.807, 2.05) is 66.7 Å². The second-order valence-electron chi connectivity index (χ2n) is 8.61. The summed E-state index contributed by atoms with van der Waals surface area (Å²) < 4.78 is 23.8. The fourth-order valence-corrected chi connectivity index (χ4v) is 4.57. The number of rotatable bonds is 5. The summed E-state index contributed by atoms with van der Waals surface area (Å²) in [6.45, 7) is 2.22. The van der Waals surface area contributed by atoms with Crippen molar-refractivity contribution in [3.63, 3.8) is 0 Å². The molecule has 0 atom stereocenters. The Hall–Kier alpha value is -4.19. The highest BCUT2D eigenvalue weighted by Gasteiger charge is 2.24. The molecule has 0 fully saturated rings. The van der Waals surface area contributed by atoms with Gasteiger partial charge in [0.2, 0.25) is 5.78 Å². The van der Waals surface area contributed by atoms with Crippen molar-refractivity contribution in [2.24, 2.45) is 0 Å². The minimum absolute atomic E-state index is 0.213. The number of carbonyl (C=O) groups is 1. The topological polar surface area (TPSA) is 69.9 Å². The largest absolute Gasteiger partial charge is 0.490 e. The molecule has 0 bridgehead atoms. The maximum Gasteiger partial charge on any atom is 0.223 e. The average molecular weight is 468 g/mol. The van der Waals surface area contributed by atoms with Crippen LogP contribution in [0.4, 0.5) is 0 Å². The van der Waals surface area contributed by atoms with Gasteiger partial charge in [0.1, 0.15) is 17.9 Å². The first kappa shape index (κ1) is 21.4. The van der Waals surface area contributed by atoms with Gasteiger partial charge in [0.25, 0.3) is 0 Å². The minimum atomic E-state index is -0.213. The molecule has 1 aromatic heterocycles. The van der Waals surface area contributed by atoms with Gasteiger partial charge >= 0.3 is 0 Å². The monoisotopic (exact) mass is 467 g/mol. The molecule has 6 nitrogen and oxygen atoms in total. The molecule has 1 N–H and O–H groups in total. The standard InChI is InChI=1S/C29H25NO5/c31-25(17-24-22-16-28-27(32-13-6-14-33-28)15-19(22)11-12-30-24)29-23(18-34-20-7-2-1-3-8-20)21-9-4-5-10-26(21)35-29/h1-5,7-10,15-17,30H,6,11-14,18H2/b24-17-. The van der Waals surface area contributed by atoms with Gasteiger partial charge in [-0.2, -0.15) is 0 Å². The molecular weight excluding hydrogens is 442 g/mol. The first-order valence-electron chi connectivity index (χ1n) is 11.9. The van der Waals surface area contributed by atoms with Crippen molar-refractivity contribution in [1.29, 1.82) is 0 Å². The third-order valence-electron chi connectivity index (χ3n) is 6.30. The van der Waals surface area contributed by atoms with Crippen molar-refractivity contribution < 1.29 is 23.4 Å². The number of benzene rings is 3. The molecule has 3 heterocycles. The molecule has 4 aromatic rings. The molecule has 0 unspecified atom stereocenters. The summed E-state index contributed by atoms with van der Waals surface area (Å²) in [5.41, 5.74) is 4.23. The van der Waals surface area contributed by atoms with E-state index in [-0.39, 0.29) is 18.2 Å². The number of para-hydroxylation sites is 2. The third-order valence-corrected chi connectivity index (χ3v) is 6.30. The second-order valence-corrected chi connectivity index (χ2v) is 8.61. The molecule has 3 aromatic carbocycles. The lowest BCUT2D eigenvalue weighted by Crippen LogP contribution is -2.23. The van der Waals surface area contributed by atoms with Crippen molar-refractivity contribution in [2.45, 2.75) is 19.4 Å². The quantitative estimate of drug-likeness (QED) is 0.307. The van der Waals surface area contributed by atoms with Gasteiger partial charge in [-0.1, -0.05) is 36.4 Å². The van der Waals surface area contributed by atoms with Crippen LogP contribution < -0.4 is 19.5 Å². The lowest BCUT2D eigenvalue weighted by atomic mass is 9.96. The minimum Gasteiger partial charge on any atom is -0.490 e. The van der Waals surface area contributed by atoms with E-state index in [0.29, 0.717) is 24.5 Å². The van der Waals surface area contributed by atoms with Crippen LogP contribution in [0.25, 0.3) is 16.7 Å². The van der Waals surface area contributed by atoms with Crippen LogP contribution in [-0.4, -0.2) is 25.5 Å². The molecule has 0 radical (unpaired) electrons. The van der Waals surface area contributed by atoms with E-state index >= 15 is 0 Å². The first-order chi connectivity index (χ1) is 17.3. The van der Waals surface area contributed by atoms with E-state index < -0.39 is 0 Å². The van der Waals surface area contributed by atoms with E-state index in [1.165, 1.54) is 0 Å². The molecule has 0 spiro atoms. The van der Waals surface area contributed by atoms with E-state index in [9.17, 15) is 4.79 Å². The van der Waals surface area contributed by atoms with Gasteiger partial charge in [-0.25, -0.2) is 0 Å². The summed E-state index contributed by atoms with van der Waals surface area (Å²) in [6, 6.07) is 21.2. The summed E-state index contributed by atoms with van der Waals surface area (Å²) in [4.78, 5) is 13.5. The molecule has 35 heavy (non-hydrogen) atoms. The lowest BCUT2D eigenvalue weighted by molar-refractivity contribution is 0.102. The van der Waals surface area contributed by atoms with E-state index in [0.717, 1.165) is 58.7 Å². The summed E-state index contributed by atoms with van der Waals surface area (Å²) in [5.74, 6) is 2.30. The SMILES string of the molecule is O=C(/C=C1\NCCc2cc3c(cc21)OCCCO3)c1oc2ccccc2c1COc1ccccc1. The summed E-state index contributed by atoms with van der Waals surface area (Å²) in [7, 11) is 0. The average Bonchev–Trinajstić information content (AvgIpc) is 3.11.